The molecule has 5 rings (SSSR count). The number of pyridine rings is 1. The van der Waals surface area contributed by atoms with Crippen LogP contribution in [0.4, 0.5) is 0 Å². The van der Waals surface area contributed by atoms with Crippen LogP contribution in [-0.2, 0) is 16.1 Å². The lowest BCUT2D eigenvalue weighted by Gasteiger charge is -2.34. The second-order valence-corrected chi connectivity index (χ2v) is 8.88. The molecule has 2 saturated heterocycles. The van der Waals surface area contributed by atoms with Gasteiger partial charge in [0, 0.05) is 49.3 Å². The largest absolute Gasteiger partial charge is 0.396 e. The molecule has 0 bridgehead atoms. The van der Waals surface area contributed by atoms with E-state index in [9.17, 15) is 14.7 Å². The van der Waals surface area contributed by atoms with Gasteiger partial charge in [0.2, 0.25) is 5.91 Å². The third-order valence-electron chi connectivity index (χ3n) is 7.21. The van der Waals surface area contributed by atoms with E-state index in [1.54, 1.807) is 0 Å². The maximum Gasteiger partial charge on any atom is 0.258 e. The fourth-order valence-electron chi connectivity index (χ4n) is 5.62. The van der Waals surface area contributed by atoms with E-state index >= 15 is 0 Å². The van der Waals surface area contributed by atoms with Gasteiger partial charge in [-0.05, 0) is 30.8 Å². The van der Waals surface area contributed by atoms with Gasteiger partial charge in [0.1, 0.15) is 0 Å². The van der Waals surface area contributed by atoms with Crippen molar-refractivity contribution in [2.24, 2.45) is 11.8 Å². The molecule has 3 aliphatic heterocycles. The van der Waals surface area contributed by atoms with Gasteiger partial charge >= 0.3 is 0 Å². The number of rotatable bonds is 4. The van der Waals surface area contributed by atoms with Gasteiger partial charge < -0.3 is 19.3 Å². The van der Waals surface area contributed by atoms with Crippen LogP contribution in [0.3, 0.4) is 0 Å². The molecule has 0 unspecified atom stereocenters. The van der Waals surface area contributed by atoms with E-state index in [0.29, 0.717) is 38.4 Å². The average Bonchev–Trinajstić information content (AvgIpc) is 3.34. The number of likely N-dealkylation sites (tertiary alicyclic amines) is 1. The van der Waals surface area contributed by atoms with Crippen molar-refractivity contribution in [1.29, 1.82) is 0 Å². The maximum atomic E-state index is 13.3. The van der Waals surface area contributed by atoms with Crippen LogP contribution in [0, 0.1) is 11.8 Å². The molecule has 3 aliphatic rings. The molecule has 1 aromatic heterocycles. The zero-order chi connectivity index (χ0) is 22.2. The number of nitrogens with zero attached hydrogens (tertiary/aromatic N) is 3. The Labute approximate surface area is 187 Å². The number of aliphatic hydroxyl groups excluding tert-OH is 1. The number of ether oxygens (including phenoxy) is 1. The number of carbonyl (C=O) groups is 1. The summed E-state index contributed by atoms with van der Waals surface area (Å²) in [7, 11) is 1.94. The first-order valence-electron chi connectivity index (χ1n) is 11.3. The van der Waals surface area contributed by atoms with Crippen LogP contribution in [-0.4, -0.2) is 71.4 Å². The first-order chi connectivity index (χ1) is 15.6. The summed E-state index contributed by atoms with van der Waals surface area (Å²) < 4.78 is 7.21. The topological polar surface area (TPSA) is 75.0 Å². The number of benzene rings is 1. The van der Waals surface area contributed by atoms with E-state index in [4.69, 9.17) is 4.74 Å². The van der Waals surface area contributed by atoms with Crippen molar-refractivity contribution in [3.05, 3.63) is 69.6 Å². The predicted molar refractivity (Wildman–Crippen MR) is 122 cm³/mol. The van der Waals surface area contributed by atoms with Crippen molar-refractivity contribution < 1.29 is 14.6 Å². The second kappa shape index (κ2) is 8.65. The highest BCUT2D eigenvalue weighted by atomic mass is 16.5. The summed E-state index contributed by atoms with van der Waals surface area (Å²) in [6.45, 7) is 2.73. The Morgan fingerprint density at radius 3 is 2.59 bits per heavy atom. The Bertz CT molecular complexity index is 1070. The smallest absolute Gasteiger partial charge is 0.258 e. The third kappa shape index (κ3) is 3.50. The molecule has 4 atom stereocenters. The van der Waals surface area contributed by atoms with Gasteiger partial charge in [-0.2, -0.15) is 0 Å². The summed E-state index contributed by atoms with van der Waals surface area (Å²) in [6.07, 6.45) is 3.80. The minimum Gasteiger partial charge on any atom is -0.396 e. The number of hydrogen-bond acceptors (Lipinski definition) is 5. The summed E-state index contributed by atoms with van der Waals surface area (Å²) >= 11 is 0. The summed E-state index contributed by atoms with van der Waals surface area (Å²) in [6, 6.07) is 13.3. The van der Waals surface area contributed by atoms with Crippen molar-refractivity contribution in [2.75, 3.05) is 40.0 Å². The molecule has 0 radical (unpaired) electrons. The highest BCUT2D eigenvalue weighted by Gasteiger charge is 2.54. The van der Waals surface area contributed by atoms with E-state index in [0.717, 1.165) is 11.3 Å². The summed E-state index contributed by atoms with van der Waals surface area (Å²) in [4.78, 5) is 30.4. The van der Waals surface area contributed by atoms with Crippen molar-refractivity contribution in [3.63, 3.8) is 0 Å². The fraction of sp³-hybridized carbons (Fsp3) is 0.440. The minimum atomic E-state index is -0.380. The number of amides is 1. The first-order valence-corrected chi connectivity index (χ1v) is 11.3. The lowest BCUT2D eigenvalue weighted by atomic mass is 9.88. The minimum absolute atomic E-state index is 0.0229. The predicted octanol–water partition coefficient (Wildman–Crippen LogP) is 1.47. The first kappa shape index (κ1) is 21.1. The molecule has 2 fully saturated rings. The van der Waals surface area contributed by atoms with Gasteiger partial charge in [-0.3, -0.25) is 14.5 Å². The van der Waals surface area contributed by atoms with E-state index < -0.39 is 0 Å². The van der Waals surface area contributed by atoms with Crippen LogP contribution in [0.15, 0.2) is 47.3 Å². The molecule has 32 heavy (non-hydrogen) atoms. The number of fused-ring (bicyclic) bond motifs is 3. The molecule has 4 heterocycles. The number of aliphatic hydroxyl groups is 1. The number of likely N-dealkylation sites (N-methyl/N-ethyl adjacent to an activating group) is 1. The van der Waals surface area contributed by atoms with Crippen molar-refractivity contribution >= 4 is 18.1 Å². The van der Waals surface area contributed by atoms with Crippen LogP contribution < -0.4 is 5.56 Å². The van der Waals surface area contributed by atoms with Gasteiger partial charge in [-0.15, -0.1) is 0 Å². The Kier molecular flexibility index (Phi) is 5.71. The van der Waals surface area contributed by atoms with Gasteiger partial charge in [-0.1, -0.05) is 36.4 Å². The van der Waals surface area contributed by atoms with Crippen LogP contribution in [0.25, 0.3) is 12.2 Å². The Balaban J connectivity index is 1.43. The Morgan fingerprint density at radius 2 is 1.88 bits per heavy atom. The van der Waals surface area contributed by atoms with Crippen LogP contribution in [0.1, 0.15) is 22.9 Å². The van der Waals surface area contributed by atoms with E-state index in [1.807, 2.05) is 71.1 Å². The molecule has 7 nitrogen and oxygen atoms in total. The molecular formula is C25H29N3O4. The van der Waals surface area contributed by atoms with E-state index in [2.05, 4.69) is 4.90 Å². The van der Waals surface area contributed by atoms with Crippen molar-refractivity contribution in [1.82, 2.24) is 14.4 Å². The fourth-order valence-corrected chi connectivity index (χ4v) is 5.62. The van der Waals surface area contributed by atoms with Crippen molar-refractivity contribution in [2.45, 2.75) is 18.6 Å². The third-order valence-corrected chi connectivity index (χ3v) is 7.21. The Hall–Kier alpha value is -2.74. The van der Waals surface area contributed by atoms with Crippen LogP contribution >= 0.6 is 0 Å². The molecule has 1 aromatic carbocycles. The van der Waals surface area contributed by atoms with Crippen molar-refractivity contribution in [3.8, 4) is 0 Å². The zero-order valence-corrected chi connectivity index (χ0v) is 18.3. The maximum absolute atomic E-state index is 13.3. The molecule has 7 heteroatoms. The summed E-state index contributed by atoms with van der Waals surface area (Å²) in [5.41, 5.74) is 2.58. The average molecular weight is 436 g/mol. The monoisotopic (exact) mass is 435 g/mol. The molecule has 0 spiro atoms. The molecule has 0 aliphatic carbocycles. The highest BCUT2D eigenvalue weighted by molar-refractivity contribution is 5.83. The molecule has 1 N–H and O–H groups in total. The molecule has 0 saturated carbocycles. The number of morpholine rings is 1. The number of aromatic nitrogens is 1. The van der Waals surface area contributed by atoms with E-state index in [1.165, 1.54) is 0 Å². The Morgan fingerprint density at radius 1 is 1.12 bits per heavy atom. The lowest BCUT2D eigenvalue weighted by molar-refractivity contribution is -0.141. The normalized spacial score (nSPS) is 27.6. The van der Waals surface area contributed by atoms with Crippen LogP contribution in [0.5, 0.6) is 0 Å². The lowest BCUT2D eigenvalue weighted by Crippen LogP contribution is -2.52. The SMILES string of the molecule is CN1[C@H](C(=O)N2CCOCC2)[C@@H](CO)[C@@H]2Cn3c(ccc(/C=C/c4ccccc4)c3=O)[C@@H]21. The van der Waals surface area contributed by atoms with Gasteiger partial charge in [-0.25, -0.2) is 0 Å². The standard InChI is InChI=1S/C25H29N3O4/c1-26-22-19(20(16-29)23(26)25(31)27-11-13-32-14-12-27)15-28-21(22)10-9-18(24(28)30)8-7-17-5-3-2-4-6-17/h2-10,19-20,22-23,29H,11-16H2,1H3/b8-7+/t19-,20-,22+,23-/m0/s1. The highest BCUT2D eigenvalue weighted by Crippen LogP contribution is 2.48. The van der Waals surface area contributed by atoms with E-state index in [-0.39, 0.29) is 42.0 Å². The molecule has 168 valence electrons. The summed E-state index contributed by atoms with van der Waals surface area (Å²) in [5, 5.41) is 10.2. The molecular weight excluding hydrogens is 406 g/mol. The summed E-state index contributed by atoms with van der Waals surface area (Å²) in [5.74, 6) is -0.121. The molecule has 2 aromatic rings. The van der Waals surface area contributed by atoms with Crippen LogP contribution in [0.2, 0.25) is 0 Å². The van der Waals surface area contributed by atoms with Gasteiger partial charge in [0.05, 0.1) is 25.3 Å². The quantitative estimate of drug-likeness (QED) is 0.787. The van der Waals surface area contributed by atoms with Gasteiger partial charge in [0.25, 0.3) is 5.56 Å². The molecule has 1 amide bonds. The number of carbonyl (C=O) groups excluding carboxylic acids is 1. The number of hydrogen-bond donors (Lipinski definition) is 1. The zero-order valence-electron chi connectivity index (χ0n) is 18.3. The second-order valence-electron chi connectivity index (χ2n) is 8.88. The van der Waals surface area contributed by atoms with Gasteiger partial charge in [0.15, 0.2) is 0 Å².